The average molecular weight is 424 g/mol. The van der Waals surface area contributed by atoms with Crippen LogP contribution in [0.1, 0.15) is 6.92 Å². The zero-order chi connectivity index (χ0) is 16.8. The van der Waals surface area contributed by atoms with E-state index in [1.165, 1.54) is 13.1 Å². The number of benzene rings is 1. The molecule has 1 saturated heterocycles. The van der Waals surface area contributed by atoms with Gasteiger partial charge < -0.3 is 15.1 Å². The molecular formula is C16H17IN4O2. The van der Waals surface area contributed by atoms with Gasteiger partial charge in [0.1, 0.15) is 11.6 Å². The maximum atomic E-state index is 12.4. The number of nitriles is 1. The molecule has 0 aliphatic carbocycles. The van der Waals surface area contributed by atoms with Crippen molar-refractivity contribution >= 4 is 40.1 Å². The third kappa shape index (κ3) is 4.69. The Labute approximate surface area is 148 Å². The van der Waals surface area contributed by atoms with Gasteiger partial charge in [0.05, 0.1) is 0 Å². The predicted molar refractivity (Wildman–Crippen MR) is 95.3 cm³/mol. The Morgan fingerprint density at radius 3 is 2.26 bits per heavy atom. The van der Waals surface area contributed by atoms with Crippen LogP contribution in [-0.4, -0.2) is 47.8 Å². The molecule has 1 fully saturated rings. The van der Waals surface area contributed by atoms with E-state index in [-0.39, 0.29) is 17.4 Å². The third-order valence-corrected chi connectivity index (χ3v) is 4.31. The molecule has 120 valence electrons. The summed E-state index contributed by atoms with van der Waals surface area (Å²) in [5.41, 5.74) is 0.868. The molecule has 1 N–H and O–H groups in total. The third-order valence-electron chi connectivity index (χ3n) is 3.59. The lowest BCUT2D eigenvalue weighted by Crippen LogP contribution is -2.50. The number of carbonyl (C=O) groups is 2. The molecule has 1 aliphatic heterocycles. The van der Waals surface area contributed by atoms with Crippen molar-refractivity contribution in [3.8, 4) is 6.07 Å². The first-order chi connectivity index (χ1) is 11.0. The zero-order valence-electron chi connectivity index (χ0n) is 12.8. The van der Waals surface area contributed by atoms with E-state index in [4.69, 9.17) is 0 Å². The van der Waals surface area contributed by atoms with Crippen LogP contribution in [0, 0.1) is 14.9 Å². The van der Waals surface area contributed by atoms with Gasteiger partial charge in [0.25, 0.3) is 5.91 Å². The van der Waals surface area contributed by atoms with Crippen molar-refractivity contribution in [2.75, 3.05) is 31.5 Å². The van der Waals surface area contributed by atoms with E-state index >= 15 is 0 Å². The van der Waals surface area contributed by atoms with Crippen LogP contribution in [-0.2, 0) is 9.59 Å². The Kier molecular flexibility index (Phi) is 5.98. The SMILES string of the molecule is CC(=O)N1CCN(C(=O)/C(C#N)=C\Nc2ccc(I)cc2)CC1. The second kappa shape index (κ2) is 7.97. The number of nitrogens with zero attached hydrogens (tertiary/aromatic N) is 3. The van der Waals surface area contributed by atoms with E-state index in [1.807, 2.05) is 30.3 Å². The van der Waals surface area contributed by atoms with Crippen molar-refractivity contribution in [2.45, 2.75) is 6.92 Å². The van der Waals surface area contributed by atoms with E-state index < -0.39 is 0 Å². The summed E-state index contributed by atoms with van der Waals surface area (Å²) in [7, 11) is 0. The normalized spacial score (nSPS) is 15.1. The van der Waals surface area contributed by atoms with Crippen molar-refractivity contribution in [1.82, 2.24) is 9.80 Å². The Morgan fingerprint density at radius 1 is 1.17 bits per heavy atom. The number of carbonyl (C=O) groups excluding carboxylic acids is 2. The van der Waals surface area contributed by atoms with Gasteiger partial charge in [-0.25, -0.2) is 0 Å². The second-order valence-corrected chi connectivity index (χ2v) is 6.36. The number of hydrogen-bond acceptors (Lipinski definition) is 4. The van der Waals surface area contributed by atoms with Crippen molar-refractivity contribution < 1.29 is 9.59 Å². The monoisotopic (exact) mass is 424 g/mol. The van der Waals surface area contributed by atoms with Crippen molar-refractivity contribution in [1.29, 1.82) is 5.26 Å². The molecule has 0 radical (unpaired) electrons. The number of nitrogens with one attached hydrogen (secondary N) is 1. The number of hydrogen-bond donors (Lipinski definition) is 1. The molecule has 0 unspecified atom stereocenters. The molecule has 0 saturated carbocycles. The summed E-state index contributed by atoms with van der Waals surface area (Å²) < 4.78 is 1.11. The summed E-state index contributed by atoms with van der Waals surface area (Å²) >= 11 is 2.21. The van der Waals surface area contributed by atoms with Crippen LogP contribution in [0.4, 0.5) is 5.69 Å². The van der Waals surface area contributed by atoms with Crippen LogP contribution < -0.4 is 5.32 Å². The molecule has 1 aromatic rings. The lowest BCUT2D eigenvalue weighted by molar-refractivity contribution is -0.136. The number of halogens is 1. The fourth-order valence-corrected chi connectivity index (χ4v) is 2.60. The van der Waals surface area contributed by atoms with Gasteiger partial charge >= 0.3 is 0 Å². The smallest absolute Gasteiger partial charge is 0.266 e. The molecular weight excluding hydrogens is 407 g/mol. The Morgan fingerprint density at radius 2 is 1.74 bits per heavy atom. The van der Waals surface area contributed by atoms with Gasteiger partial charge in [-0.05, 0) is 46.9 Å². The summed E-state index contributed by atoms with van der Waals surface area (Å²) in [5, 5.41) is 12.2. The minimum absolute atomic E-state index is 0.00789. The standard InChI is InChI=1S/C16H17IN4O2/c1-12(22)20-6-8-21(9-7-20)16(23)13(10-18)11-19-15-4-2-14(17)3-5-15/h2-5,11,19H,6-9H2,1H3/b13-11-. The molecule has 1 aliphatic rings. The van der Waals surface area contributed by atoms with Gasteiger partial charge in [-0.1, -0.05) is 0 Å². The first-order valence-corrected chi connectivity index (χ1v) is 8.26. The second-order valence-electron chi connectivity index (χ2n) is 5.12. The van der Waals surface area contributed by atoms with Crippen molar-refractivity contribution in [3.63, 3.8) is 0 Å². The van der Waals surface area contributed by atoms with Crippen LogP contribution in [0.5, 0.6) is 0 Å². The quantitative estimate of drug-likeness (QED) is 0.456. The molecule has 1 aromatic carbocycles. The first-order valence-electron chi connectivity index (χ1n) is 7.18. The van der Waals surface area contributed by atoms with Crippen molar-refractivity contribution in [3.05, 3.63) is 39.6 Å². The van der Waals surface area contributed by atoms with E-state index in [2.05, 4.69) is 27.9 Å². The summed E-state index contributed by atoms with van der Waals surface area (Å²) in [6, 6.07) is 9.57. The van der Waals surface area contributed by atoms with Gasteiger partial charge in [-0.15, -0.1) is 0 Å². The highest BCUT2D eigenvalue weighted by Crippen LogP contribution is 2.12. The van der Waals surface area contributed by atoms with Crippen LogP contribution in [0.25, 0.3) is 0 Å². The topological polar surface area (TPSA) is 76.4 Å². The van der Waals surface area contributed by atoms with Gasteiger partial charge in [0, 0.05) is 48.6 Å². The maximum absolute atomic E-state index is 12.4. The molecule has 0 atom stereocenters. The summed E-state index contributed by atoms with van der Waals surface area (Å²) in [4.78, 5) is 27.0. The molecule has 2 amide bonds. The summed E-state index contributed by atoms with van der Waals surface area (Å²) in [6.07, 6.45) is 1.43. The molecule has 0 spiro atoms. The number of amides is 2. The zero-order valence-corrected chi connectivity index (χ0v) is 14.9. The molecule has 2 rings (SSSR count). The minimum Gasteiger partial charge on any atom is -0.360 e. The molecule has 6 nitrogen and oxygen atoms in total. The van der Waals surface area contributed by atoms with E-state index in [9.17, 15) is 14.9 Å². The number of rotatable bonds is 3. The fraction of sp³-hybridized carbons (Fsp3) is 0.312. The highest BCUT2D eigenvalue weighted by molar-refractivity contribution is 14.1. The van der Waals surface area contributed by atoms with Crippen LogP contribution in [0.3, 0.4) is 0 Å². The minimum atomic E-state index is -0.311. The van der Waals surface area contributed by atoms with Gasteiger partial charge in [-0.3, -0.25) is 9.59 Å². The average Bonchev–Trinajstić information content (AvgIpc) is 2.57. The van der Waals surface area contributed by atoms with E-state index in [1.54, 1.807) is 9.80 Å². The molecule has 0 bridgehead atoms. The largest absolute Gasteiger partial charge is 0.360 e. The van der Waals surface area contributed by atoms with E-state index in [0.717, 1.165) is 9.26 Å². The molecule has 23 heavy (non-hydrogen) atoms. The summed E-state index contributed by atoms with van der Waals surface area (Å²) in [5.74, 6) is -0.303. The molecule has 0 aromatic heterocycles. The lowest BCUT2D eigenvalue weighted by atomic mass is 10.2. The number of anilines is 1. The Hall–Kier alpha value is -2.08. The van der Waals surface area contributed by atoms with Crippen molar-refractivity contribution in [2.24, 2.45) is 0 Å². The van der Waals surface area contributed by atoms with Crippen LogP contribution in [0.2, 0.25) is 0 Å². The highest BCUT2D eigenvalue weighted by Gasteiger charge is 2.24. The molecule has 7 heteroatoms. The molecule has 1 heterocycles. The predicted octanol–water partition coefficient (Wildman–Crippen LogP) is 1.80. The first kappa shape index (κ1) is 17.3. The summed E-state index contributed by atoms with van der Waals surface area (Å²) in [6.45, 7) is 3.42. The Bertz CT molecular complexity index is 656. The lowest BCUT2D eigenvalue weighted by Gasteiger charge is -2.34. The maximum Gasteiger partial charge on any atom is 0.266 e. The Balaban J connectivity index is 1.99. The highest BCUT2D eigenvalue weighted by atomic mass is 127. The van der Waals surface area contributed by atoms with Gasteiger partial charge in [0.2, 0.25) is 5.91 Å². The fourth-order valence-electron chi connectivity index (χ4n) is 2.24. The van der Waals surface area contributed by atoms with E-state index in [0.29, 0.717) is 26.2 Å². The number of piperazine rings is 1. The van der Waals surface area contributed by atoms with Crippen LogP contribution >= 0.6 is 22.6 Å². The van der Waals surface area contributed by atoms with Gasteiger partial charge in [0.15, 0.2) is 0 Å². The van der Waals surface area contributed by atoms with Gasteiger partial charge in [-0.2, -0.15) is 5.26 Å². The van der Waals surface area contributed by atoms with Crippen LogP contribution in [0.15, 0.2) is 36.0 Å².